The van der Waals surface area contributed by atoms with Gasteiger partial charge in [-0.2, -0.15) is 0 Å². The zero-order valence-corrected chi connectivity index (χ0v) is 20.4. The number of hydrogen-bond donors (Lipinski definition) is 2. The van der Waals surface area contributed by atoms with Gasteiger partial charge >= 0.3 is 5.97 Å². The Labute approximate surface area is 204 Å². The molecule has 1 aliphatic carbocycles. The first-order valence-corrected chi connectivity index (χ1v) is 12.1. The van der Waals surface area contributed by atoms with Gasteiger partial charge in [0.25, 0.3) is 5.92 Å². The van der Waals surface area contributed by atoms with Gasteiger partial charge in [0, 0.05) is 66.0 Å². The van der Waals surface area contributed by atoms with Crippen LogP contribution in [0.15, 0.2) is 18.2 Å². The van der Waals surface area contributed by atoms with Gasteiger partial charge in [0.15, 0.2) is 0 Å². The molecule has 1 aliphatic rings. The van der Waals surface area contributed by atoms with Crippen molar-refractivity contribution in [2.75, 3.05) is 13.2 Å². The highest BCUT2D eigenvalue weighted by Gasteiger charge is 2.44. The number of carboxylic acids is 1. The molecule has 1 saturated carbocycles. The maximum Gasteiger partial charge on any atom is 0.303 e. The average molecular weight is 496 g/mol. The number of aryl methyl sites for hydroxylation is 1. The summed E-state index contributed by atoms with van der Waals surface area (Å²) in [6, 6.07) is 5.59. The number of nitrogens with zero attached hydrogens (tertiary/aromatic N) is 1. The number of hydrogen-bond acceptors (Lipinski definition) is 3. The first-order chi connectivity index (χ1) is 16.1. The molecular weight excluding hydrogens is 464 g/mol. The molecule has 0 saturated heterocycles. The van der Waals surface area contributed by atoms with Gasteiger partial charge in [-0.15, -0.1) is 0 Å². The molecule has 5 nitrogen and oxygen atoms in total. The highest BCUT2D eigenvalue weighted by molar-refractivity contribution is 6.31. The van der Waals surface area contributed by atoms with Gasteiger partial charge in [-0.05, 0) is 49.8 Å². The van der Waals surface area contributed by atoms with Crippen LogP contribution in [0.3, 0.4) is 0 Å². The minimum Gasteiger partial charge on any atom is -0.481 e. The van der Waals surface area contributed by atoms with E-state index in [1.165, 1.54) is 0 Å². The van der Waals surface area contributed by atoms with Crippen LogP contribution in [0.5, 0.6) is 0 Å². The number of carbonyl (C=O) groups is 1. The van der Waals surface area contributed by atoms with Crippen LogP contribution < -0.4 is 0 Å². The number of benzene rings is 1. The summed E-state index contributed by atoms with van der Waals surface area (Å²) >= 11 is 6.23. The van der Waals surface area contributed by atoms with Crippen molar-refractivity contribution in [2.45, 2.75) is 63.9 Å². The molecule has 1 aromatic carbocycles. The first kappa shape index (κ1) is 26.5. The minimum atomic E-state index is -2.55. The summed E-state index contributed by atoms with van der Waals surface area (Å²) in [5, 5.41) is 21.6. The molecule has 2 N–H and O–H groups in total. The normalized spacial score (nSPS) is 17.1. The predicted molar refractivity (Wildman–Crippen MR) is 128 cm³/mol. The van der Waals surface area contributed by atoms with E-state index >= 15 is 0 Å². The molecule has 3 rings (SSSR count). The Morgan fingerprint density at radius 3 is 2.76 bits per heavy atom. The van der Waals surface area contributed by atoms with Crippen LogP contribution in [0.2, 0.25) is 5.02 Å². The Kier molecular flexibility index (Phi) is 8.97. The summed E-state index contributed by atoms with van der Waals surface area (Å²) < 4.78 is 33.2. The molecular formula is C26H32ClF2NO4. The molecule has 0 radical (unpaired) electrons. The summed E-state index contributed by atoms with van der Waals surface area (Å²) in [4.78, 5) is 11.0. The molecule has 1 unspecified atom stereocenters. The summed E-state index contributed by atoms with van der Waals surface area (Å²) in [5.41, 5.74) is 2.77. The Morgan fingerprint density at radius 2 is 2.09 bits per heavy atom. The summed E-state index contributed by atoms with van der Waals surface area (Å²) in [5.74, 6) is 1.84. The van der Waals surface area contributed by atoms with Crippen LogP contribution >= 0.6 is 11.6 Å². The molecule has 2 aromatic rings. The fraction of sp³-hybridized carbons (Fsp3) is 0.577. The van der Waals surface area contributed by atoms with Crippen molar-refractivity contribution in [3.05, 3.63) is 34.5 Å². The number of aliphatic hydroxyl groups is 1. The quantitative estimate of drug-likeness (QED) is 0.307. The van der Waals surface area contributed by atoms with Crippen LogP contribution in [-0.2, 0) is 23.0 Å². The Balaban J connectivity index is 1.58. The number of rotatable bonds is 11. The number of alkyl halides is 2. The lowest BCUT2D eigenvalue weighted by Crippen LogP contribution is -2.34. The van der Waals surface area contributed by atoms with Gasteiger partial charge < -0.3 is 19.5 Å². The molecule has 8 heteroatoms. The number of unbranched alkanes of at least 4 members (excludes halogenated alkanes) is 1. The van der Waals surface area contributed by atoms with Gasteiger partial charge in [-0.25, -0.2) is 8.78 Å². The third-order valence-electron chi connectivity index (χ3n) is 6.33. The maximum absolute atomic E-state index is 12.8. The second-order valence-corrected chi connectivity index (χ2v) is 9.76. The summed E-state index contributed by atoms with van der Waals surface area (Å²) in [7, 11) is 1.96. The van der Waals surface area contributed by atoms with Crippen LogP contribution in [0.1, 0.15) is 62.8 Å². The van der Waals surface area contributed by atoms with E-state index in [1.807, 2.05) is 32.2 Å². The number of halogens is 3. The largest absolute Gasteiger partial charge is 0.481 e. The number of carboxylic acid groups (broad SMARTS) is 1. The monoisotopic (exact) mass is 495 g/mol. The second-order valence-electron chi connectivity index (χ2n) is 9.33. The van der Waals surface area contributed by atoms with Crippen LogP contribution in [0, 0.1) is 23.7 Å². The van der Waals surface area contributed by atoms with E-state index in [-0.39, 0.29) is 37.7 Å². The third kappa shape index (κ3) is 6.94. The highest BCUT2D eigenvalue weighted by Crippen LogP contribution is 2.41. The van der Waals surface area contributed by atoms with Crippen molar-refractivity contribution in [2.24, 2.45) is 18.9 Å². The topological polar surface area (TPSA) is 71.7 Å². The SMILES string of the molecule is C[C@H](CC(=O)O)CC(O)c1c(CCCCOCC#CC2CC(F)(F)C2)n(C)c2ccc(Cl)cc12. The molecule has 0 bridgehead atoms. The van der Waals surface area contributed by atoms with E-state index in [0.29, 0.717) is 24.5 Å². The van der Waals surface area contributed by atoms with Crippen LogP contribution in [0.4, 0.5) is 8.78 Å². The van der Waals surface area contributed by atoms with Crippen molar-refractivity contribution in [3.63, 3.8) is 0 Å². The molecule has 186 valence electrons. The van der Waals surface area contributed by atoms with Gasteiger partial charge in [0.05, 0.1) is 6.10 Å². The third-order valence-corrected chi connectivity index (χ3v) is 6.57. The van der Waals surface area contributed by atoms with E-state index in [2.05, 4.69) is 16.4 Å². The molecule has 0 amide bonds. The fourth-order valence-corrected chi connectivity index (χ4v) is 4.79. The minimum absolute atomic E-state index is 0.00131. The summed E-state index contributed by atoms with van der Waals surface area (Å²) in [6.45, 7) is 2.57. The fourth-order valence-electron chi connectivity index (χ4n) is 4.62. The van der Waals surface area contributed by atoms with E-state index in [4.69, 9.17) is 21.4 Å². The zero-order valence-electron chi connectivity index (χ0n) is 19.6. The van der Waals surface area contributed by atoms with Crippen molar-refractivity contribution < 1.29 is 28.5 Å². The molecule has 34 heavy (non-hydrogen) atoms. The van der Waals surface area contributed by atoms with Gasteiger partial charge in [-0.3, -0.25) is 4.79 Å². The van der Waals surface area contributed by atoms with E-state index in [9.17, 15) is 18.7 Å². The van der Waals surface area contributed by atoms with E-state index in [0.717, 1.165) is 35.0 Å². The maximum atomic E-state index is 12.8. The van der Waals surface area contributed by atoms with Gasteiger partial charge in [0.2, 0.25) is 0 Å². The van der Waals surface area contributed by atoms with Crippen LogP contribution in [-0.4, -0.2) is 39.9 Å². The van der Waals surface area contributed by atoms with E-state index < -0.39 is 18.0 Å². The van der Waals surface area contributed by atoms with Crippen molar-refractivity contribution in [3.8, 4) is 11.8 Å². The van der Waals surface area contributed by atoms with Gasteiger partial charge in [-0.1, -0.05) is 30.4 Å². The lowest BCUT2D eigenvalue weighted by molar-refractivity contribution is -0.138. The Morgan fingerprint density at radius 1 is 1.35 bits per heavy atom. The number of aromatic nitrogens is 1. The lowest BCUT2D eigenvalue weighted by Gasteiger charge is -2.31. The predicted octanol–water partition coefficient (Wildman–Crippen LogP) is 5.75. The van der Waals surface area contributed by atoms with Gasteiger partial charge in [0.1, 0.15) is 6.61 Å². The highest BCUT2D eigenvalue weighted by atomic mass is 35.5. The second kappa shape index (κ2) is 11.5. The van der Waals surface area contributed by atoms with Crippen molar-refractivity contribution in [1.29, 1.82) is 0 Å². The number of aliphatic hydroxyl groups excluding tert-OH is 1. The van der Waals surface area contributed by atoms with Crippen molar-refractivity contribution in [1.82, 2.24) is 4.57 Å². The standard InChI is InChI=1S/C26H32ClF2NO4/c1-17(13-24(32)33)12-23(31)25-20-14-19(27)8-9-21(20)30(2)22(25)7-3-4-10-34-11-5-6-18-15-26(28,29)16-18/h8-9,14,17-18,23,31H,3-4,7,10-13,15-16H2,1-2H3,(H,32,33)/t17-,23?/m0/s1. The Bertz CT molecular complexity index is 1060. The molecule has 1 aromatic heterocycles. The number of aliphatic carboxylic acids is 1. The van der Waals surface area contributed by atoms with E-state index in [1.54, 1.807) is 0 Å². The number of fused-ring (bicyclic) bond motifs is 1. The molecule has 1 fully saturated rings. The van der Waals surface area contributed by atoms with Crippen molar-refractivity contribution >= 4 is 28.5 Å². The molecule has 1 heterocycles. The molecule has 0 aliphatic heterocycles. The molecule has 2 atom stereocenters. The number of ether oxygens (including phenoxy) is 1. The average Bonchev–Trinajstić information content (AvgIpc) is 2.98. The smallest absolute Gasteiger partial charge is 0.303 e. The lowest BCUT2D eigenvalue weighted by atomic mass is 9.82. The zero-order chi connectivity index (χ0) is 24.9. The summed E-state index contributed by atoms with van der Waals surface area (Å²) in [6.07, 6.45) is 1.58. The van der Waals surface area contributed by atoms with Crippen LogP contribution in [0.25, 0.3) is 10.9 Å². The first-order valence-electron chi connectivity index (χ1n) is 11.7. The molecule has 0 spiro atoms. The Hall–Kier alpha value is -2.14.